The maximum atomic E-state index is 12.2. The van der Waals surface area contributed by atoms with Gasteiger partial charge in [0, 0.05) is 11.8 Å². The van der Waals surface area contributed by atoms with Gasteiger partial charge in [0.05, 0.1) is 13.2 Å². The molecule has 0 unspecified atom stereocenters. The van der Waals surface area contributed by atoms with E-state index in [9.17, 15) is 40.5 Å². The van der Waals surface area contributed by atoms with Crippen LogP contribution in [0.25, 0.3) is 0 Å². The molecule has 15 heteroatoms. The SMILES string of the molecule is Cc1c[nH]c(=O)n(CCOCP(=O)(OCC(F)(F)F)OCC(F)(F)F)c1=O. The van der Waals surface area contributed by atoms with Gasteiger partial charge in [0.15, 0.2) is 13.2 Å². The van der Waals surface area contributed by atoms with Crippen LogP contribution in [0, 0.1) is 6.92 Å². The predicted molar refractivity (Wildman–Crippen MR) is 78.5 cm³/mol. The fraction of sp³-hybridized carbons (Fsp3) is 0.667. The lowest BCUT2D eigenvalue weighted by atomic mass is 10.4. The number of nitrogens with zero attached hydrogens (tertiary/aromatic N) is 1. The van der Waals surface area contributed by atoms with Crippen LogP contribution in [0.15, 0.2) is 15.8 Å². The molecular weight excluding hydrogens is 413 g/mol. The predicted octanol–water partition coefficient (Wildman–Crippen LogP) is 2.17. The number of alkyl halides is 6. The van der Waals surface area contributed by atoms with Gasteiger partial charge in [0.25, 0.3) is 5.56 Å². The van der Waals surface area contributed by atoms with Crippen molar-refractivity contribution in [2.45, 2.75) is 25.8 Å². The van der Waals surface area contributed by atoms with Crippen LogP contribution in [0.2, 0.25) is 0 Å². The summed E-state index contributed by atoms with van der Waals surface area (Å²) in [6.07, 6.45) is -10.00. The van der Waals surface area contributed by atoms with Crippen molar-refractivity contribution < 1.29 is 44.7 Å². The quantitative estimate of drug-likeness (QED) is 0.368. The highest BCUT2D eigenvalue weighted by atomic mass is 31.2. The number of ether oxygens (including phenoxy) is 1. The van der Waals surface area contributed by atoms with Crippen molar-refractivity contribution in [3.05, 3.63) is 32.6 Å². The Kier molecular flexibility index (Phi) is 7.84. The molecule has 156 valence electrons. The molecule has 0 bridgehead atoms. The number of aromatic amines is 1. The van der Waals surface area contributed by atoms with Crippen molar-refractivity contribution in [3.63, 3.8) is 0 Å². The molecule has 1 N–H and O–H groups in total. The molecule has 0 saturated carbocycles. The summed E-state index contributed by atoms with van der Waals surface area (Å²) in [4.78, 5) is 25.5. The second kappa shape index (κ2) is 9.04. The van der Waals surface area contributed by atoms with E-state index in [1.807, 2.05) is 0 Å². The minimum absolute atomic E-state index is 0.183. The molecular formula is C12H15F6N2O6P. The summed E-state index contributed by atoms with van der Waals surface area (Å²) in [5, 5.41) is 0. The monoisotopic (exact) mass is 428 g/mol. The van der Waals surface area contributed by atoms with Crippen molar-refractivity contribution in [2.24, 2.45) is 0 Å². The molecule has 0 atom stereocenters. The third-order valence-electron chi connectivity index (χ3n) is 2.80. The summed E-state index contributed by atoms with van der Waals surface area (Å²) in [5.74, 6) is 0. The first kappa shape index (κ1) is 23.4. The van der Waals surface area contributed by atoms with Crippen LogP contribution in [-0.4, -0.2) is 48.1 Å². The number of rotatable bonds is 9. The number of aryl methyl sites for hydroxylation is 1. The highest BCUT2D eigenvalue weighted by Crippen LogP contribution is 2.50. The molecule has 0 radical (unpaired) electrons. The van der Waals surface area contributed by atoms with Gasteiger partial charge in [-0.15, -0.1) is 0 Å². The van der Waals surface area contributed by atoms with Crippen molar-refractivity contribution >= 4 is 7.60 Å². The molecule has 0 aliphatic rings. The van der Waals surface area contributed by atoms with Crippen molar-refractivity contribution in [1.29, 1.82) is 0 Å². The standard InChI is InChI=1S/C12H15F6N2O6P/c1-8-4-19-10(22)20(9(8)21)2-3-24-7-27(23,25-5-11(13,14)15)26-6-12(16,17)18/h4H,2-3,5-7H2,1H3,(H,19,22). The zero-order valence-electron chi connectivity index (χ0n) is 13.7. The summed E-state index contributed by atoms with van der Waals surface area (Å²) in [6, 6.07) is 0. The molecule has 1 aromatic heterocycles. The van der Waals surface area contributed by atoms with Gasteiger partial charge >= 0.3 is 25.6 Å². The third kappa shape index (κ3) is 8.73. The molecule has 0 aliphatic carbocycles. The van der Waals surface area contributed by atoms with Crippen LogP contribution >= 0.6 is 7.60 Å². The summed E-state index contributed by atoms with van der Waals surface area (Å²) in [7, 11) is -4.90. The van der Waals surface area contributed by atoms with E-state index in [-0.39, 0.29) is 5.56 Å². The Balaban J connectivity index is 2.71. The Hall–Kier alpha value is -1.63. The number of hydrogen-bond acceptors (Lipinski definition) is 6. The topological polar surface area (TPSA) is 99.6 Å². The minimum atomic E-state index is -4.96. The van der Waals surface area contributed by atoms with E-state index in [2.05, 4.69) is 14.0 Å². The fourth-order valence-electron chi connectivity index (χ4n) is 1.60. The fourth-order valence-corrected chi connectivity index (χ4v) is 2.87. The van der Waals surface area contributed by atoms with Gasteiger partial charge in [-0.3, -0.25) is 23.0 Å². The van der Waals surface area contributed by atoms with E-state index in [0.29, 0.717) is 4.57 Å². The van der Waals surface area contributed by atoms with Gasteiger partial charge in [-0.25, -0.2) is 4.79 Å². The van der Waals surface area contributed by atoms with E-state index in [0.717, 1.165) is 6.20 Å². The van der Waals surface area contributed by atoms with Crippen LogP contribution in [0.5, 0.6) is 0 Å². The first-order valence-corrected chi connectivity index (χ1v) is 8.84. The molecule has 0 aliphatic heterocycles. The molecule has 0 amide bonds. The second-order valence-corrected chi connectivity index (χ2v) is 7.16. The number of halogens is 6. The number of aromatic nitrogens is 2. The van der Waals surface area contributed by atoms with Gasteiger partial charge in [0.1, 0.15) is 6.35 Å². The smallest absolute Gasteiger partial charge is 0.367 e. The second-order valence-electron chi connectivity index (χ2n) is 5.16. The first-order chi connectivity index (χ1) is 12.2. The number of hydrogen-bond donors (Lipinski definition) is 1. The summed E-state index contributed by atoms with van der Waals surface area (Å²) >= 11 is 0. The molecule has 8 nitrogen and oxygen atoms in total. The van der Waals surface area contributed by atoms with Gasteiger partial charge < -0.3 is 9.72 Å². The third-order valence-corrected chi connectivity index (χ3v) is 4.34. The van der Waals surface area contributed by atoms with Crippen LogP contribution in [0.3, 0.4) is 0 Å². The first-order valence-electron chi connectivity index (χ1n) is 7.11. The molecule has 0 aromatic carbocycles. The van der Waals surface area contributed by atoms with Crippen LogP contribution in [0.4, 0.5) is 26.3 Å². The lowest BCUT2D eigenvalue weighted by Crippen LogP contribution is -2.37. The van der Waals surface area contributed by atoms with E-state index >= 15 is 0 Å². The van der Waals surface area contributed by atoms with Crippen LogP contribution < -0.4 is 11.2 Å². The molecule has 27 heavy (non-hydrogen) atoms. The summed E-state index contributed by atoms with van der Waals surface area (Å²) in [6.45, 7) is -3.74. The zero-order valence-corrected chi connectivity index (χ0v) is 14.6. The molecule has 0 fully saturated rings. The van der Waals surface area contributed by atoms with Crippen LogP contribution in [0.1, 0.15) is 5.56 Å². The summed E-state index contributed by atoms with van der Waals surface area (Å²) in [5.41, 5.74) is -1.30. The molecule has 1 heterocycles. The van der Waals surface area contributed by atoms with Gasteiger partial charge in [-0.05, 0) is 6.92 Å². The van der Waals surface area contributed by atoms with Gasteiger partial charge in [-0.2, -0.15) is 26.3 Å². The highest BCUT2D eigenvalue weighted by Gasteiger charge is 2.38. The molecule has 0 spiro atoms. The Morgan fingerprint density at radius 1 is 1.07 bits per heavy atom. The normalized spacial score (nSPS) is 13.1. The number of H-pyrrole nitrogens is 1. The molecule has 1 rings (SSSR count). The lowest BCUT2D eigenvalue weighted by molar-refractivity contribution is -0.166. The van der Waals surface area contributed by atoms with Crippen LogP contribution in [-0.2, 0) is 24.9 Å². The molecule has 0 saturated heterocycles. The van der Waals surface area contributed by atoms with E-state index in [1.165, 1.54) is 6.92 Å². The average molecular weight is 428 g/mol. The van der Waals surface area contributed by atoms with Gasteiger partial charge in [0.2, 0.25) is 0 Å². The highest BCUT2D eigenvalue weighted by molar-refractivity contribution is 7.53. The van der Waals surface area contributed by atoms with Gasteiger partial charge in [-0.1, -0.05) is 0 Å². The van der Waals surface area contributed by atoms with Crippen molar-refractivity contribution in [2.75, 3.05) is 26.2 Å². The Bertz CT molecular complexity index is 764. The Morgan fingerprint density at radius 2 is 1.59 bits per heavy atom. The largest absolute Gasteiger partial charge is 0.412 e. The Labute approximate surface area is 147 Å². The minimum Gasteiger partial charge on any atom is -0.367 e. The van der Waals surface area contributed by atoms with E-state index < -0.39 is 63.9 Å². The number of nitrogens with one attached hydrogen (secondary N) is 1. The average Bonchev–Trinajstić information content (AvgIpc) is 2.53. The molecule has 1 aromatic rings. The Morgan fingerprint density at radius 3 is 2.07 bits per heavy atom. The van der Waals surface area contributed by atoms with Crippen molar-refractivity contribution in [3.8, 4) is 0 Å². The maximum Gasteiger partial charge on any atom is 0.412 e. The summed E-state index contributed by atoms with van der Waals surface area (Å²) < 4.78 is 98.3. The van der Waals surface area contributed by atoms with Crippen molar-refractivity contribution in [1.82, 2.24) is 9.55 Å². The lowest BCUT2D eigenvalue weighted by Gasteiger charge is -2.20. The van der Waals surface area contributed by atoms with E-state index in [4.69, 9.17) is 4.74 Å². The van der Waals surface area contributed by atoms with E-state index in [1.54, 1.807) is 0 Å². The zero-order chi connectivity index (χ0) is 20.9. The maximum absolute atomic E-state index is 12.2.